The minimum atomic E-state index is -1.22. The summed E-state index contributed by atoms with van der Waals surface area (Å²) in [5.41, 5.74) is 3.38. The van der Waals surface area contributed by atoms with Crippen molar-refractivity contribution in [3.8, 4) is 0 Å². The monoisotopic (exact) mass is 514 g/mol. The molecule has 1 aromatic heterocycles. The summed E-state index contributed by atoms with van der Waals surface area (Å²) < 4.78 is 0. The predicted octanol–water partition coefficient (Wildman–Crippen LogP) is 3.29. The Morgan fingerprint density at radius 1 is 1.11 bits per heavy atom. The average molecular weight is 515 g/mol. The molecule has 0 bridgehead atoms. The highest BCUT2D eigenvalue weighted by Gasteiger charge is 2.36. The zero-order valence-corrected chi connectivity index (χ0v) is 20.9. The van der Waals surface area contributed by atoms with Crippen LogP contribution in [0, 0.1) is 6.92 Å². The van der Waals surface area contributed by atoms with Gasteiger partial charge in [0.2, 0.25) is 0 Å². The number of H-pyrrole nitrogens is 1. The van der Waals surface area contributed by atoms with E-state index >= 15 is 0 Å². The minimum Gasteiger partial charge on any atom is -0.481 e. The van der Waals surface area contributed by atoms with E-state index in [4.69, 9.17) is 5.11 Å². The van der Waals surface area contributed by atoms with Gasteiger partial charge in [0.15, 0.2) is 0 Å². The molecular formula is C28H26N4O6. The summed E-state index contributed by atoms with van der Waals surface area (Å²) in [5, 5.41) is 20.9. The number of carboxylic acid groups (broad SMARTS) is 2. The molecule has 10 nitrogen and oxygen atoms in total. The summed E-state index contributed by atoms with van der Waals surface area (Å²) in [7, 11) is 1.91. The number of hydrogen-bond donors (Lipinski definition) is 3. The van der Waals surface area contributed by atoms with Gasteiger partial charge >= 0.3 is 11.9 Å². The lowest BCUT2D eigenvalue weighted by Gasteiger charge is -2.23. The Morgan fingerprint density at radius 3 is 2.61 bits per heavy atom. The average Bonchev–Trinajstić information content (AvgIpc) is 3.18. The van der Waals surface area contributed by atoms with Crippen LogP contribution in [0.1, 0.15) is 40.2 Å². The molecule has 0 unspecified atom stereocenters. The lowest BCUT2D eigenvalue weighted by molar-refractivity contribution is -0.143. The standard InChI is InChI=1S/C28H26N4O6/c1-15-29-22-8-5-17-4-3-16(11-21(17)25(22)26(35)30-15)13-31(2)19-6-7-20-18(12-19)14-32(27(20)36)23(28(37)38)9-10-24(33)34/h3-8,11-12,23H,9-10,13-14H2,1-2H3,(H,33,34)(H,37,38)(H,29,30,35)/t23-/m1/s1. The maximum atomic E-state index is 12.9. The zero-order valence-electron chi connectivity index (χ0n) is 20.9. The van der Waals surface area contributed by atoms with Gasteiger partial charge < -0.3 is 25.0 Å². The number of fused-ring (bicyclic) bond motifs is 4. The van der Waals surface area contributed by atoms with E-state index in [9.17, 15) is 24.3 Å². The first-order valence-electron chi connectivity index (χ1n) is 12.1. The second-order valence-corrected chi connectivity index (χ2v) is 9.58. The fourth-order valence-corrected chi connectivity index (χ4v) is 5.08. The van der Waals surface area contributed by atoms with E-state index in [0.29, 0.717) is 34.4 Å². The van der Waals surface area contributed by atoms with Crippen LogP contribution < -0.4 is 10.5 Å². The van der Waals surface area contributed by atoms with Crippen molar-refractivity contribution in [1.82, 2.24) is 14.9 Å². The highest BCUT2D eigenvalue weighted by Crippen LogP contribution is 2.31. The molecule has 0 saturated carbocycles. The normalized spacial score (nSPS) is 13.6. The predicted molar refractivity (Wildman–Crippen MR) is 141 cm³/mol. The first-order valence-corrected chi connectivity index (χ1v) is 12.1. The van der Waals surface area contributed by atoms with Crippen molar-refractivity contribution < 1.29 is 24.6 Å². The van der Waals surface area contributed by atoms with Crippen LogP contribution in [0.5, 0.6) is 0 Å². The van der Waals surface area contributed by atoms with Crippen LogP contribution >= 0.6 is 0 Å². The molecule has 10 heteroatoms. The Labute approximate surface area is 217 Å². The zero-order chi connectivity index (χ0) is 27.1. The number of carboxylic acids is 2. The molecule has 4 aromatic rings. The minimum absolute atomic E-state index is 0.101. The fraction of sp³-hybridized carbons (Fsp3) is 0.250. The molecule has 194 valence electrons. The SMILES string of the molecule is Cc1nc2ccc3ccc(CN(C)c4ccc5c(c4)CN([C@H](CCC(=O)O)C(=O)O)C5=O)cc3c2c(=O)[nH]1. The van der Waals surface area contributed by atoms with Gasteiger partial charge in [-0.05, 0) is 65.6 Å². The van der Waals surface area contributed by atoms with Gasteiger partial charge in [-0.25, -0.2) is 9.78 Å². The lowest BCUT2D eigenvalue weighted by atomic mass is 10.0. The first-order chi connectivity index (χ1) is 18.1. The number of hydrogen-bond acceptors (Lipinski definition) is 6. The number of nitrogens with one attached hydrogen (secondary N) is 1. The molecule has 3 N–H and O–H groups in total. The summed E-state index contributed by atoms with van der Waals surface area (Å²) in [6, 6.07) is 13.9. The molecule has 1 aliphatic heterocycles. The van der Waals surface area contributed by atoms with Crippen molar-refractivity contribution >= 4 is 45.2 Å². The molecule has 3 aromatic carbocycles. The van der Waals surface area contributed by atoms with Crippen molar-refractivity contribution in [3.05, 3.63) is 81.4 Å². The fourth-order valence-electron chi connectivity index (χ4n) is 5.08. The molecule has 0 saturated heterocycles. The molecule has 1 amide bonds. The van der Waals surface area contributed by atoms with Crippen LogP contribution in [0.3, 0.4) is 0 Å². The van der Waals surface area contributed by atoms with Gasteiger partial charge in [0.25, 0.3) is 11.5 Å². The van der Waals surface area contributed by atoms with Crippen molar-refractivity contribution in [2.45, 2.75) is 38.9 Å². The van der Waals surface area contributed by atoms with Gasteiger partial charge in [-0.2, -0.15) is 0 Å². The molecule has 1 aliphatic rings. The van der Waals surface area contributed by atoms with Crippen LogP contribution in [0.25, 0.3) is 21.7 Å². The molecular weight excluding hydrogens is 488 g/mol. The number of aliphatic carboxylic acids is 2. The quantitative estimate of drug-likeness (QED) is 0.304. The summed E-state index contributed by atoms with van der Waals surface area (Å²) in [4.78, 5) is 58.8. The molecule has 0 radical (unpaired) electrons. The van der Waals surface area contributed by atoms with Crippen LogP contribution in [0.4, 0.5) is 5.69 Å². The van der Waals surface area contributed by atoms with Crippen LogP contribution in [-0.2, 0) is 22.7 Å². The van der Waals surface area contributed by atoms with E-state index in [1.807, 2.05) is 48.3 Å². The number of aromatic amines is 1. The summed E-state index contributed by atoms with van der Waals surface area (Å²) in [5.74, 6) is -2.19. The Balaban J connectivity index is 1.40. The number of carbonyl (C=O) groups is 3. The van der Waals surface area contributed by atoms with Gasteiger partial charge in [0.1, 0.15) is 11.9 Å². The second kappa shape index (κ2) is 9.62. The van der Waals surface area contributed by atoms with Gasteiger partial charge in [0, 0.05) is 37.8 Å². The second-order valence-electron chi connectivity index (χ2n) is 9.58. The van der Waals surface area contributed by atoms with E-state index in [2.05, 4.69) is 9.97 Å². The Bertz CT molecular complexity index is 1680. The van der Waals surface area contributed by atoms with Crippen molar-refractivity contribution in [2.75, 3.05) is 11.9 Å². The number of anilines is 1. The van der Waals surface area contributed by atoms with Crippen molar-refractivity contribution in [2.24, 2.45) is 0 Å². The van der Waals surface area contributed by atoms with E-state index in [1.165, 1.54) is 4.90 Å². The van der Waals surface area contributed by atoms with E-state index in [1.54, 1.807) is 19.1 Å². The molecule has 38 heavy (non-hydrogen) atoms. The summed E-state index contributed by atoms with van der Waals surface area (Å²) in [6.45, 7) is 2.37. The lowest BCUT2D eigenvalue weighted by Crippen LogP contribution is -2.41. The van der Waals surface area contributed by atoms with Gasteiger partial charge in [-0.15, -0.1) is 0 Å². The maximum Gasteiger partial charge on any atom is 0.326 e. The number of amides is 1. The number of nitrogens with zero attached hydrogens (tertiary/aromatic N) is 3. The van der Waals surface area contributed by atoms with Crippen LogP contribution in [-0.4, -0.2) is 56.0 Å². The molecule has 1 atom stereocenters. The Hall–Kier alpha value is -4.73. The number of benzene rings is 3. The smallest absolute Gasteiger partial charge is 0.326 e. The Kier molecular flexibility index (Phi) is 6.31. The maximum absolute atomic E-state index is 12.9. The Morgan fingerprint density at radius 2 is 1.87 bits per heavy atom. The number of aryl methyl sites for hydroxylation is 1. The molecule has 0 spiro atoms. The largest absolute Gasteiger partial charge is 0.481 e. The van der Waals surface area contributed by atoms with Crippen molar-refractivity contribution in [1.29, 1.82) is 0 Å². The third-order valence-electron chi connectivity index (χ3n) is 6.95. The van der Waals surface area contributed by atoms with Gasteiger partial charge in [-0.1, -0.05) is 18.2 Å². The third-order valence-corrected chi connectivity index (χ3v) is 6.95. The first kappa shape index (κ1) is 24.9. The van der Waals surface area contributed by atoms with Gasteiger partial charge in [0.05, 0.1) is 10.9 Å². The molecule has 2 heterocycles. The highest BCUT2D eigenvalue weighted by atomic mass is 16.4. The van der Waals surface area contributed by atoms with E-state index in [-0.39, 0.29) is 24.9 Å². The summed E-state index contributed by atoms with van der Waals surface area (Å²) >= 11 is 0. The highest BCUT2D eigenvalue weighted by molar-refractivity contribution is 6.06. The van der Waals surface area contributed by atoms with Crippen molar-refractivity contribution in [3.63, 3.8) is 0 Å². The van der Waals surface area contributed by atoms with E-state index in [0.717, 1.165) is 22.0 Å². The molecule has 5 rings (SSSR count). The van der Waals surface area contributed by atoms with Gasteiger partial charge in [-0.3, -0.25) is 14.4 Å². The van der Waals surface area contributed by atoms with Crippen LogP contribution in [0.2, 0.25) is 0 Å². The third kappa shape index (κ3) is 4.56. The topological polar surface area (TPSA) is 144 Å². The van der Waals surface area contributed by atoms with Crippen LogP contribution in [0.15, 0.2) is 53.3 Å². The van der Waals surface area contributed by atoms with E-state index < -0.39 is 23.9 Å². The summed E-state index contributed by atoms with van der Waals surface area (Å²) in [6.07, 6.45) is -0.501. The number of rotatable bonds is 8. The number of aromatic nitrogens is 2. The number of carbonyl (C=O) groups excluding carboxylic acids is 1. The molecule has 0 aliphatic carbocycles. The molecule has 0 fully saturated rings.